The molecule has 0 bridgehead atoms. The van der Waals surface area contributed by atoms with Crippen LogP contribution in [0.1, 0.15) is 29.5 Å². The van der Waals surface area contributed by atoms with Crippen LogP contribution in [0.5, 0.6) is 0 Å². The van der Waals surface area contributed by atoms with Crippen LogP contribution in [0.4, 0.5) is 0 Å². The number of fused-ring (bicyclic) bond motifs is 1. The topological polar surface area (TPSA) is 32.5 Å². The van der Waals surface area contributed by atoms with Gasteiger partial charge in [-0.3, -0.25) is 4.90 Å². The lowest BCUT2D eigenvalue weighted by atomic mass is 9.74. The number of aryl methyl sites for hydroxylation is 2. The Morgan fingerprint density at radius 2 is 1.95 bits per heavy atom. The maximum absolute atomic E-state index is 6.30. The van der Waals surface area contributed by atoms with Gasteiger partial charge in [-0.25, -0.2) is 0 Å². The summed E-state index contributed by atoms with van der Waals surface area (Å²) in [6, 6.07) is 6.97. The van der Waals surface area contributed by atoms with Crippen molar-refractivity contribution in [3.8, 4) is 0 Å². The largest absolute Gasteiger partial charge is 0.328 e. The lowest BCUT2D eigenvalue weighted by Crippen LogP contribution is -2.58. The minimum absolute atomic E-state index is 0.0859. The molecule has 0 radical (unpaired) electrons. The summed E-state index contributed by atoms with van der Waals surface area (Å²) in [5, 5.41) is 0. The minimum atomic E-state index is 0.0859. The van der Waals surface area contributed by atoms with Crippen LogP contribution in [0.2, 0.25) is 0 Å². The fourth-order valence-electron chi connectivity index (χ4n) is 3.99. The first kappa shape index (κ1) is 14.1. The zero-order valence-electron chi connectivity index (χ0n) is 12.9. The molecule has 1 saturated heterocycles. The van der Waals surface area contributed by atoms with Crippen LogP contribution in [-0.2, 0) is 12.0 Å². The summed E-state index contributed by atoms with van der Waals surface area (Å²) in [4.78, 5) is 5.07. The summed E-state index contributed by atoms with van der Waals surface area (Å²) < 4.78 is 0. The molecule has 2 aliphatic rings. The highest BCUT2D eigenvalue weighted by Gasteiger charge is 2.41. The van der Waals surface area contributed by atoms with E-state index < -0.39 is 0 Å². The van der Waals surface area contributed by atoms with Crippen molar-refractivity contribution in [2.24, 2.45) is 5.73 Å². The molecule has 3 heteroatoms. The molecule has 3 nitrogen and oxygen atoms in total. The van der Waals surface area contributed by atoms with E-state index in [9.17, 15) is 0 Å². The number of hydrogen-bond donors (Lipinski definition) is 1. The highest BCUT2D eigenvalue weighted by atomic mass is 15.3. The maximum atomic E-state index is 6.30. The molecule has 1 heterocycles. The summed E-state index contributed by atoms with van der Waals surface area (Å²) in [5.41, 5.74) is 10.8. The Kier molecular flexibility index (Phi) is 3.85. The average Bonchev–Trinajstić information content (AvgIpc) is 2.47. The van der Waals surface area contributed by atoms with Gasteiger partial charge in [-0.05, 0) is 44.4 Å². The fraction of sp³-hybridized carbons (Fsp3) is 0.647. The van der Waals surface area contributed by atoms with Crippen LogP contribution in [0.3, 0.4) is 0 Å². The minimum Gasteiger partial charge on any atom is -0.328 e. The molecule has 110 valence electrons. The van der Waals surface area contributed by atoms with Crippen molar-refractivity contribution in [3.05, 3.63) is 34.9 Å². The second-order valence-corrected chi connectivity index (χ2v) is 6.54. The zero-order valence-corrected chi connectivity index (χ0v) is 12.9. The molecule has 0 spiro atoms. The van der Waals surface area contributed by atoms with Crippen LogP contribution < -0.4 is 5.73 Å². The Morgan fingerprint density at radius 1 is 1.20 bits per heavy atom. The number of likely N-dealkylation sites (N-methyl/N-ethyl adjacent to an activating group) is 1. The number of piperazine rings is 1. The molecular weight excluding hydrogens is 246 g/mol. The monoisotopic (exact) mass is 273 g/mol. The van der Waals surface area contributed by atoms with Gasteiger partial charge in [0.15, 0.2) is 0 Å². The normalized spacial score (nSPS) is 28.4. The summed E-state index contributed by atoms with van der Waals surface area (Å²) >= 11 is 0. The molecule has 1 aromatic carbocycles. The third-order valence-corrected chi connectivity index (χ3v) is 5.24. The maximum Gasteiger partial charge on any atom is 0.0587 e. The zero-order chi connectivity index (χ0) is 14.2. The molecule has 0 saturated carbocycles. The van der Waals surface area contributed by atoms with E-state index in [2.05, 4.69) is 42.0 Å². The van der Waals surface area contributed by atoms with Gasteiger partial charge in [0.25, 0.3) is 0 Å². The summed E-state index contributed by atoms with van der Waals surface area (Å²) in [6.45, 7) is 7.52. The second-order valence-electron chi connectivity index (χ2n) is 6.54. The Balaban J connectivity index is 1.97. The fourth-order valence-corrected chi connectivity index (χ4v) is 3.99. The van der Waals surface area contributed by atoms with Crippen molar-refractivity contribution in [2.45, 2.75) is 31.7 Å². The number of nitrogens with zero attached hydrogens (tertiary/aromatic N) is 2. The van der Waals surface area contributed by atoms with E-state index in [0.717, 1.165) is 32.7 Å². The molecule has 1 atom stereocenters. The number of nitrogens with two attached hydrogens (primary N) is 1. The Bertz CT molecular complexity index is 477. The van der Waals surface area contributed by atoms with Gasteiger partial charge in [0, 0.05) is 32.7 Å². The van der Waals surface area contributed by atoms with Crippen molar-refractivity contribution in [1.82, 2.24) is 9.80 Å². The third-order valence-electron chi connectivity index (χ3n) is 5.24. The smallest absolute Gasteiger partial charge is 0.0587 e. The third kappa shape index (κ3) is 2.28. The Labute approximate surface area is 122 Å². The Morgan fingerprint density at radius 3 is 2.65 bits per heavy atom. The van der Waals surface area contributed by atoms with Crippen LogP contribution in [-0.4, -0.2) is 49.6 Å². The van der Waals surface area contributed by atoms with Crippen molar-refractivity contribution >= 4 is 0 Å². The van der Waals surface area contributed by atoms with Crippen LogP contribution >= 0.6 is 0 Å². The first-order chi connectivity index (χ1) is 9.65. The molecule has 0 amide bonds. The van der Waals surface area contributed by atoms with Crippen LogP contribution in [0, 0.1) is 6.92 Å². The van der Waals surface area contributed by atoms with E-state index in [1.807, 2.05) is 0 Å². The molecule has 3 rings (SSSR count). The van der Waals surface area contributed by atoms with Gasteiger partial charge in [0.2, 0.25) is 0 Å². The number of rotatable bonds is 2. The van der Waals surface area contributed by atoms with E-state index in [-0.39, 0.29) is 5.54 Å². The van der Waals surface area contributed by atoms with Crippen molar-refractivity contribution < 1.29 is 0 Å². The van der Waals surface area contributed by atoms with Crippen molar-refractivity contribution in [3.63, 3.8) is 0 Å². The first-order valence-electron chi connectivity index (χ1n) is 7.89. The SMILES string of the molecule is Cc1ccc2c(c1)CCCC2(CN)N1CCN(C)CC1. The first-order valence-corrected chi connectivity index (χ1v) is 7.89. The Hall–Kier alpha value is -0.900. The highest BCUT2D eigenvalue weighted by Crippen LogP contribution is 2.40. The van der Waals surface area contributed by atoms with Gasteiger partial charge in [0.05, 0.1) is 5.54 Å². The predicted molar refractivity (Wildman–Crippen MR) is 83.9 cm³/mol. The molecule has 1 fully saturated rings. The van der Waals surface area contributed by atoms with E-state index in [0.29, 0.717) is 0 Å². The van der Waals surface area contributed by atoms with Crippen LogP contribution in [0.25, 0.3) is 0 Å². The van der Waals surface area contributed by atoms with Gasteiger partial charge in [0.1, 0.15) is 0 Å². The summed E-state index contributed by atoms with van der Waals surface area (Å²) in [5.74, 6) is 0. The average molecular weight is 273 g/mol. The van der Waals surface area contributed by atoms with E-state index in [1.165, 1.54) is 36.0 Å². The van der Waals surface area contributed by atoms with Crippen molar-refractivity contribution in [1.29, 1.82) is 0 Å². The van der Waals surface area contributed by atoms with Gasteiger partial charge in [-0.2, -0.15) is 0 Å². The number of hydrogen-bond acceptors (Lipinski definition) is 3. The van der Waals surface area contributed by atoms with Gasteiger partial charge in [-0.15, -0.1) is 0 Å². The molecule has 2 N–H and O–H groups in total. The molecule has 0 aromatic heterocycles. The summed E-state index contributed by atoms with van der Waals surface area (Å²) in [7, 11) is 2.21. The van der Waals surface area contributed by atoms with Crippen LogP contribution in [0.15, 0.2) is 18.2 Å². The number of benzene rings is 1. The standard InChI is InChI=1S/C17H27N3/c1-14-5-6-16-15(12-14)4-3-7-17(16,13-18)20-10-8-19(2)9-11-20/h5-6,12H,3-4,7-11,13,18H2,1-2H3. The van der Waals surface area contributed by atoms with Gasteiger partial charge >= 0.3 is 0 Å². The molecule has 1 aliphatic heterocycles. The van der Waals surface area contributed by atoms with E-state index in [4.69, 9.17) is 5.73 Å². The van der Waals surface area contributed by atoms with Gasteiger partial charge < -0.3 is 10.6 Å². The molecule has 20 heavy (non-hydrogen) atoms. The van der Waals surface area contributed by atoms with E-state index >= 15 is 0 Å². The highest BCUT2D eigenvalue weighted by molar-refractivity contribution is 5.39. The second kappa shape index (κ2) is 5.47. The van der Waals surface area contributed by atoms with Gasteiger partial charge in [-0.1, -0.05) is 23.8 Å². The lowest BCUT2D eigenvalue weighted by Gasteiger charge is -2.50. The molecule has 1 unspecified atom stereocenters. The molecule has 1 aromatic rings. The van der Waals surface area contributed by atoms with E-state index in [1.54, 1.807) is 0 Å². The predicted octanol–water partition coefficient (Wildman–Crippen LogP) is 1.73. The summed E-state index contributed by atoms with van der Waals surface area (Å²) in [6.07, 6.45) is 3.69. The van der Waals surface area contributed by atoms with Crippen molar-refractivity contribution in [2.75, 3.05) is 39.8 Å². The molecule has 1 aliphatic carbocycles. The molecular formula is C17H27N3. The quantitative estimate of drug-likeness (QED) is 0.891. The lowest BCUT2D eigenvalue weighted by molar-refractivity contribution is 0.0300.